The molecule has 1 aliphatic rings. The first-order valence-electron chi connectivity index (χ1n) is 9.02. The fourth-order valence-corrected chi connectivity index (χ4v) is 3.02. The summed E-state index contributed by atoms with van der Waals surface area (Å²) < 4.78 is 18.6. The molecule has 0 saturated heterocycles. The number of carbonyl (C=O) groups excluding carboxylic acids is 3. The Hall–Kier alpha value is -3.68. The molecule has 0 saturated carbocycles. The smallest absolute Gasteiger partial charge is 0.343 e. The number of phenols is 1. The molecule has 2 amide bonds. The molecular formula is C21H19FN2O5. The van der Waals surface area contributed by atoms with Crippen LogP contribution >= 0.6 is 0 Å². The molecule has 29 heavy (non-hydrogen) atoms. The summed E-state index contributed by atoms with van der Waals surface area (Å²) in [6.07, 6.45) is 0. The molecule has 0 atom stereocenters. The average molecular weight is 398 g/mol. The van der Waals surface area contributed by atoms with Gasteiger partial charge in [0.15, 0.2) is 5.70 Å². The lowest BCUT2D eigenvalue weighted by Crippen LogP contribution is -2.35. The molecule has 0 radical (unpaired) electrons. The molecule has 0 aromatic heterocycles. The van der Waals surface area contributed by atoms with Gasteiger partial charge in [-0.15, -0.1) is 0 Å². The molecular weight excluding hydrogens is 379 g/mol. The fourth-order valence-electron chi connectivity index (χ4n) is 3.02. The van der Waals surface area contributed by atoms with E-state index in [0.717, 1.165) is 17.0 Å². The molecule has 0 bridgehead atoms. The van der Waals surface area contributed by atoms with Gasteiger partial charge >= 0.3 is 11.9 Å². The van der Waals surface area contributed by atoms with E-state index in [-0.39, 0.29) is 22.7 Å². The zero-order chi connectivity index (χ0) is 21.1. The van der Waals surface area contributed by atoms with Crippen LogP contribution in [-0.2, 0) is 14.3 Å². The number of hydrogen-bond acceptors (Lipinski definition) is 6. The Morgan fingerprint density at radius 3 is 2.31 bits per heavy atom. The summed E-state index contributed by atoms with van der Waals surface area (Å²) in [6, 6.07) is 10.3. The van der Waals surface area contributed by atoms with E-state index >= 15 is 0 Å². The molecule has 1 heterocycles. The van der Waals surface area contributed by atoms with Gasteiger partial charge in [0.25, 0.3) is 5.91 Å². The van der Waals surface area contributed by atoms with Crippen molar-refractivity contribution in [1.82, 2.24) is 4.90 Å². The summed E-state index contributed by atoms with van der Waals surface area (Å²) in [4.78, 5) is 41.0. The number of ether oxygens (including phenoxy) is 1. The highest BCUT2D eigenvalue weighted by Crippen LogP contribution is 2.30. The first-order valence-corrected chi connectivity index (χ1v) is 9.02. The van der Waals surface area contributed by atoms with E-state index in [4.69, 9.17) is 4.74 Å². The van der Waals surface area contributed by atoms with E-state index in [0.29, 0.717) is 13.1 Å². The number of phenolic OH excluding ortho intramolecular Hbond substituents is 1. The molecule has 2 aromatic carbocycles. The van der Waals surface area contributed by atoms with Crippen LogP contribution in [0, 0.1) is 5.82 Å². The second-order valence-electron chi connectivity index (χ2n) is 6.21. The topological polar surface area (TPSA) is 87.2 Å². The van der Waals surface area contributed by atoms with Crippen molar-refractivity contribution < 1.29 is 28.6 Å². The number of benzene rings is 2. The van der Waals surface area contributed by atoms with E-state index < -0.39 is 29.4 Å². The van der Waals surface area contributed by atoms with Crippen molar-refractivity contribution in [2.75, 3.05) is 18.0 Å². The van der Waals surface area contributed by atoms with Gasteiger partial charge in [0.05, 0.1) is 11.3 Å². The maximum atomic E-state index is 13.3. The van der Waals surface area contributed by atoms with Crippen LogP contribution in [0.5, 0.6) is 5.75 Å². The lowest BCUT2D eigenvalue weighted by Gasteiger charge is -2.22. The maximum absolute atomic E-state index is 13.3. The highest BCUT2D eigenvalue weighted by molar-refractivity contribution is 6.32. The highest BCUT2D eigenvalue weighted by atomic mass is 19.1. The number of imide groups is 1. The van der Waals surface area contributed by atoms with Crippen molar-refractivity contribution in [3.8, 4) is 5.75 Å². The number of aromatic hydroxyl groups is 1. The summed E-state index contributed by atoms with van der Waals surface area (Å²) >= 11 is 0. The van der Waals surface area contributed by atoms with Gasteiger partial charge < -0.3 is 14.7 Å². The Kier molecular flexibility index (Phi) is 5.63. The van der Waals surface area contributed by atoms with Crippen LogP contribution < -0.4 is 4.90 Å². The van der Waals surface area contributed by atoms with E-state index in [1.807, 2.05) is 0 Å². The zero-order valence-electron chi connectivity index (χ0n) is 15.9. The Morgan fingerprint density at radius 1 is 1.07 bits per heavy atom. The van der Waals surface area contributed by atoms with E-state index in [9.17, 15) is 23.9 Å². The minimum Gasteiger partial charge on any atom is -0.508 e. The maximum Gasteiger partial charge on any atom is 0.343 e. The normalized spacial score (nSPS) is 13.8. The zero-order valence-corrected chi connectivity index (χ0v) is 15.9. The molecule has 1 N–H and O–H groups in total. The highest BCUT2D eigenvalue weighted by Gasteiger charge is 2.44. The van der Waals surface area contributed by atoms with Gasteiger partial charge in [0, 0.05) is 13.1 Å². The van der Waals surface area contributed by atoms with Crippen LogP contribution in [0.15, 0.2) is 60.0 Å². The number of hydrogen-bond donors (Lipinski definition) is 1. The molecule has 0 unspecified atom stereocenters. The largest absolute Gasteiger partial charge is 0.508 e. The number of halogens is 1. The van der Waals surface area contributed by atoms with Crippen molar-refractivity contribution in [2.45, 2.75) is 13.8 Å². The number of nitrogens with zero attached hydrogens (tertiary/aromatic N) is 2. The third kappa shape index (κ3) is 3.82. The van der Waals surface area contributed by atoms with Gasteiger partial charge in [-0.3, -0.25) is 9.59 Å². The number of carbonyl (C=O) groups is 3. The third-order valence-electron chi connectivity index (χ3n) is 4.46. The molecule has 0 fully saturated rings. The summed E-state index contributed by atoms with van der Waals surface area (Å²) in [5.41, 5.74) is 0.143. The monoisotopic (exact) mass is 398 g/mol. The Bertz CT molecular complexity index is 996. The summed E-state index contributed by atoms with van der Waals surface area (Å²) in [6.45, 7) is 4.39. The molecule has 0 spiro atoms. The van der Waals surface area contributed by atoms with Crippen molar-refractivity contribution >= 4 is 23.5 Å². The van der Waals surface area contributed by atoms with E-state index in [2.05, 4.69) is 0 Å². The summed E-state index contributed by atoms with van der Waals surface area (Å²) in [5.74, 6) is -3.43. The van der Waals surface area contributed by atoms with Gasteiger partial charge in [-0.2, -0.15) is 0 Å². The van der Waals surface area contributed by atoms with E-state index in [1.54, 1.807) is 18.7 Å². The predicted molar refractivity (Wildman–Crippen MR) is 102 cm³/mol. The Labute approximate surface area is 166 Å². The Morgan fingerprint density at radius 2 is 1.72 bits per heavy atom. The standard InChI is InChI=1S/C21H19FN2O5/c1-3-23(4-2)17-18(29-21(28)13-6-5-7-16(25)12-13)20(27)24(19(17)26)15-10-8-14(22)9-11-15/h5-12,25H,3-4H2,1-2H3. The number of amides is 2. The predicted octanol–water partition coefficient (Wildman–Crippen LogP) is 2.81. The summed E-state index contributed by atoms with van der Waals surface area (Å²) in [5, 5.41) is 9.56. The van der Waals surface area contributed by atoms with Crippen molar-refractivity contribution in [3.63, 3.8) is 0 Å². The SMILES string of the molecule is CCN(CC)C1=C(OC(=O)c2cccc(O)c2)C(=O)N(c2ccc(F)cc2)C1=O. The second-order valence-corrected chi connectivity index (χ2v) is 6.21. The average Bonchev–Trinajstić information content (AvgIpc) is 2.94. The van der Waals surface area contributed by atoms with Gasteiger partial charge in [0.1, 0.15) is 11.6 Å². The first-order chi connectivity index (χ1) is 13.9. The molecule has 2 aromatic rings. The molecule has 3 rings (SSSR count). The van der Waals surface area contributed by atoms with Crippen molar-refractivity contribution in [3.05, 3.63) is 71.4 Å². The molecule has 1 aliphatic heterocycles. The minimum absolute atomic E-state index is 0.0249. The van der Waals surface area contributed by atoms with Gasteiger partial charge in [-0.05, 0) is 56.3 Å². The van der Waals surface area contributed by atoms with Crippen LogP contribution in [0.4, 0.5) is 10.1 Å². The molecule has 0 aliphatic carbocycles. The Balaban J connectivity index is 2.01. The molecule has 7 nitrogen and oxygen atoms in total. The lowest BCUT2D eigenvalue weighted by molar-refractivity contribution is -0.122. The molecule has 8 heteroatoms. The fraction of sp³-hybridized carbons (Fsp3) is 0.190. The van der Waals surface area contributed by atoms with E-state index in [1.165, 1.54) is 36.4 Å². The summed E-state index contributed by atoms with van der Waals surface area (Å²) in [7, 11) is 0. The van der Waals surface area contributed by atoms with Crippen LogP contribution in [-0.4, -0.2) is 40.9 Å². The van der Waals surface area contributed by atoms with Crippen molar-refractivity contribution in [2.24, 2.45) is 0 Å². The molecule has 150 valence electrons. The van der Waals surface area contributed by atoms with Gasteiger partial charge in [-0.25, -0.2) is 14.1 Å². The van der Waals surface area contributed by atoms with Crippen LogP contribution in [0.2, 0.25) is 0 Å². The second kappa shape index (κ2) is 8.14. The number of rotatable bonds is 6. The number of anilines is 1. The van der Waals surface area contributed by atoms with Crippen LogP contribution in [0.25, 0.3) is 0 Å². The number of likely N-dealkylation sites (N-methyl/N-ethyl adjacent to an activating group) is 1. The lowest BCUT2D eigenvalue weighted by atomic mass is 10.2. The quantitative estimate of drug-likeness (QED) is 0.595. The number of esters is 1. The third-order valence-corrected chi connectivity index (χ3v) is 4.46. The first kappa shape index (κ1) is 20.1. The van der Waals surface area contributed by atoms with Crippen molar-refractivity contribution in [1.29, 1.82) is 0 Å². The van der Waals surface area contributed by atoms with Crippen LogP contribution in [0.3, 0.4) is 0 Å². The van der Waals surface area contributed by atoms with Crippen LogP contribution in [0.1, 0.15) is 24.2 Å². The minimum atomic E-state index is -0.886. The van der Waals surface area contributed by atoms with Gasteiger partial charge in [-0.1, -0.05) is 6.07 Å². The van der Waals surface area contributed by atoms with Gasteiger partial charge in [0.2, 0.25) is 5.76 Å².